The van der Waals surface area contributed by atoms with E-state index in [4.69, 9.17) is 8.83 Å². The number of rotatable bonds is 10. The molecule has 0 N–H and O–H groups in total. The summed E-state index contributed by atoms with van der Waals surface area (Å²) in [5, 5.41) is 11.5. The summed E-state index contributed by atoms with van der Waals surface area (Å²) in [4.78, 5) is 4.95. The number of benzene rings is 12. The van der Waals surface area contributed by atoms with Crippen LogP contribution in [0, 0.1) is 27.7 Å². The van der Waals surface area contributed by atoms with Crippen molar-refractivity contribution in [2.75, 3.05) is 9.80 Å². The van der Waals surface area contributed by atoms with Crippen molar-refractivity contribution in [3.63, 3.8) is 0 Å². The van der Waals surface area contributed by atoms with Gasteiger partial charge >= 0.3 is 0 Å². The Bertz CT molecular complexity index is 4360. The number of fused-ring (bicyclic) bond motifs is 6. The van der Waals surface area contributed by atoms with E-state index in [0.29, 0.717) is 11.8 Å². The Kier molecular flexibility index (Phi) is 11.1. The lowest BCUT2D eigenvalue weighted by Crippen LogP contribution is -2.14. The number of hydrogen-bond acceptors (Lipinski definition) is 4. The Balaban J connectivity index is 1.02. The highest BCUT2D eigenvalue weighted by Crippen LogP contribution is 2.53. The molecule has 0 spiro atoms. The monoisotopic (exact) mass is 1010 g/mol. The summed E-state index contributed by atoms with van der Waals surface area (Å²) in [6, 6.07) is 75.9. The highest BCUT2D eigenvalue weighted by atomic mass is 16.3. The fraction of sp³-hybridized carbons (Fsp3) is 0.135. The van der Waals surface area contributed by atoms with E-state index in [2.05, 4.69) is 271 Å². The SMILES string of the molecule is Cc1cccc(C)c1N(c1ccc2ccc3c(N(c4c(C)cccc4C)c4cccc5c4oc4c(-c6ccccc6C(C)C)cccc45)ccc4ccc1c2c43)c1cccc2c1oc1c(-c3ccccc3C(C)C)cccc12. The van der Waals surface area contributed by atoms with Gasteiger partial charge in [0, 0.05) is 43.4 Å². The smallest absolute Gasteiger partial charge is 0.159 e. The Morgan fingerprint density at radius 3 is 1.01 bits per heavy atom. The molecule has 2 heterocycles. The van der Waals surface area contributed by atoms with Gasteiger partial charge in [-0.2, -0.15) is 0 Å². The largest absolute Gasteiger partial charge is 0.453 e. The van der Waals surface area contributed by atoms with Crippen LogP contribution in [-0.2, 0) is 0 Å². The van der Waals surface area contributed by atoms with Gasteiger partial charge in [-0.05, 0) is 130 Å². The van der Waals surface area contributed by atoms with E-state index in [1.54, 1.807) is 0 Å². The zero-order valence-corrected chi connectivity index (χ0v) is 45.5. The molecular weight excluding hydrogens is 949 g/mol. The number of anilines is 6. The van der Waals surface area contributed by atoms with E-state index in [0.717, 1.165) is 99.9 Å². The van der Waals surface area contributed by atoms with Crippen molar-refractivity contribution in [3.8, 4) is 22.3 Å². The summed E-state index contributed by atoms with van der Waals surface area (Å²) in [6.45, 7) is 18.0. The molecule has 0 aliphatic carbocycles. The second-order valence-corrected chi connectivity index (χ2v) is 22.1. The molecule has 0 saturated carbocycles. The van der Waals surface area contributed by atoms with Gasteiger partial charge in [-0.15, -0.1) is 0 Å². The van der Waals surface area contributed by atoms with Crippen molar-refractivity contribution in [2.24, 2.45) is 0 Å². The van der Waals surface area contributed by atoms with E-state index in [-0.39, 0.29) is 0 Å². The molecule has 0 amide bonds. The molecule has 0 unspecified atom stereocenters. The summed E-state index contributed by atoms with van der Waals surface area (Å²) >= 11 is 0. The maximum absolute atomic E-state index is 7.32. The van der Waals surface area contributed by atoms with Crippen LogP contribution in [0.15, 0.2) is 215 Å². The number of nitrogens with zero attached hydrogens (tertiary/aromatic N) is 2. The van der Waals surface area contributed by atoms with Crippen molar-refractivity contribution in [1.82, 2.24) is 0 Å². The van der Waals surface area contributed by atoms with Crippen LogP contribution in [0.2, 0.25) is 0 Å². The van der Waals surface area contributed by atoms with Crippen LogP contribution in [0.3, 0.4) is 0 Å². The van der Waals surface area contributed by atoms with Gasteiger partial charge in [0.2, 0.25) is 0 Å². The molecule has 0 bridgehead atoms. The predicted octanol–water partition coefficient (Wildman–Crippen LogP) is 22.1. The molecule has 0 aliphatic rings. The molecule has 0 radical (unpaired) electrons. The zero-order valence-electron chi connectivity index (χ0n) is 45.5. The molecule has 12 aromatic carbocycles. The molecule has 4 nitrogen and oxygen atoms in total. The maximum atomic E-state index is 7.32. The van der Waals surface area contributed by atoms with E-state index >= 15 is 0 Å². The Labute approximate surface area is 455 Å². The van der Waals surface area contributed by atoms with Crippen molar-refractivity contribution >= 4 is 110 Å². The quantitative estimate of drug-likeness (QED) is 0.128. The Hall–Kier alpha value is -9.12. The molecule has 0 fully saturated rings. The van der Waals surface area contributed by atoms with Crippen LogP contribution >= 0.6 is 0 Å². The van der Waals surface area contributed by atoms with Gasteiger partial charge in [-0.1, -0.05) is 210 Å². The second-order valence-electron chi connectivity index (χ2n) is 22.1. The summed E-state index contributed by atoms with van der Waals surface area (Å²) in [5.74, 6) is 0.711. The molecule has 378 valence electrons. The fourth-order valence-electron chi connectivity index (χ4n) is 13.1. The molecule has 14 rings (SSSR count). The minimum atomic E-state index is 0.356. The van der Waals surface area contributed by atoms with E-state index in [1.165, 1.54) is 66.1 Å². The van der Waals surface area contributed by atoms with Gasteiger partial charge in [0.15, 0.2) is 11.2 Å². The summed E-state index contributed by atoms with van der Waals surface area (Å²) < 4.78 is 14.6. The topological polar surface area (TPSA) is 32.8 Å². The number of furan rings is 2. The number of hydrogen-bond donors (Lipinski definition) is 0. The van der Waals surface area contributed by atoms with Gasteiger partial charge in [-0.3, -0.25) is 0 Å². The lowest BCUT2D eigenvalue weighted by Gasteiger charge is -2.31. The Morgan fingerprint density at radius 2 is 0.615 bits per heavy atom. The molecule has 0 atom stereocenters. The first-order valence-electron chi connectivity index (χ1n) is 27.6. The predicted molar refractivity (Wildman–Crippen MR) is 332 cm³/mol. The Morgan fingerprint density at radius 1 is 0.282 bits per heavy atom. The van der Waals surface area contributed by atoms with Crippen LogP contribution in [0.1, 0.15) is 72.9 Å². The molecule has 4 heteroatoms. The van der Waals surface area contributed by atoms with Crippen molar-refractivity contribution < 1.29 is 8.83 Å². The van der Waals surface area contributed by atoms with Gasteiger partial charge in [-0.25, -0.2) is 0 Å². The van der Waals surface area contributed by atoms with Crippen LogP contribution in [0.4, 0.5) is 34.1 Å². The minimum absolute atomic E-state index is 0.356. The summed E-state index contributed by atoms with van der Waals surface area (Å²) in [6.07, 6.45) is 0. The minimum Gasteiger partial charge on any atom is -0.453 e. The average Bonchev–Trinajstić information content (AvgIpc) is 4.20. The van der Waals surface area contributed by atoms with Crippen LogP contribution < -0.4 is 9.80 Å². The molecule has 0 saturated heterocycles. The summed E-state index contributed by atoms with van der Waals surface area (Å²) in [7, 11) is 0. The number of para-hydroxylation sites is 6. The van der Waals surface area contributed by atoms with Crippen LogP contribution in [-0.4, -0.2) is 0 Å². The van der Waals surface area contributed by atoms with Gasteiger partial charge in [0.25, 0.3) is 0 Å². The van der Waals surface area contributed by atoms with Gasteiger partial charge in [0.05, 0.1) is 34.1 Å². The maximum Gasteiger partial charge on any atom is 0.159 e. The summed E-state index contributed by atoms with van der Waals surface area (Å²) in [5.41, 5.74) is 22.0. The van der Waals surface area contributed by atoms with Gasteiger partial charge in [0.1, 0.15) is 11.2 Å². The lowest BCUT2D eigenvalue weighted by atomic mass is 9.91. The average molecular weight is 1010 g/mol. The normalized spacial score (nSPS) is 12.1. The lowest BCUT2D eigenvalue weighted by molar-refractivity contribution is 0.669. The molecular formula is C74H60N2O2. The van der Waals surface area contributed by atoms with Gasteiger partial charge < -0.3 is 18.6 Å². The van der Waals surface area contributed by atoms with E-state index in [1.807, 2.05) is 0 Å². The fourth-order valence-corrected chi connectivity index (χ4v) is 13.1. The number of aryl methyl sites for hydroxylation is 4. The molecule has 0 aliphatic heterocycles. The first kappa shape index (κ1) is 47.3. The third kappa shape index (κ3) is 7.19. The van der Waals surface area contributed by atoms with Crippen molar-refractivity contribution in [3.05, 3.63) is 240 Å². The highest BCUT2D eigenvalue weighted by molar-refractivity contribution is 6.29. The van der Waals surface area contributed by atoms with Crippen LogP contribution in [0.5, 0.6) is 0 Å². The third-order valence-corrected chi connectivity index (χ3v) is 16.7. The zero-order chi connectivity index (χ0) is 53.1. The first-order chi connectivity index (χ1) is 38.0. The van der Waals surface area contributed by atoms with Crippen LogP contribution in [0.25, 0.3) is 98.4 Å². The van der Waals surface area contributed by atoms with E-state index in [9.17, 15) is 0 Å². The first-order valence-corrected chi connectivity index (χ1v) is 27.6. The molecule has 2 aromatic heterocycles. The third-order valence-electron chi connectivity index (χ3n) is 16.7. The second kappa shape index (κ2) is 18.3. The molecule has 14 aromatic rings. The van der Waals surface area contributed by atoms with Crippen molar-refractivity contribution in [1.29, 1.82) is 0 Å². The van der Waals surface area contributed by atoms with E-state index < -0.39 is 0 Å². The highest BCUT2D eigenvalue weighted by Gasteiger charge is 2.29. The standard InChI is InChI=1S/C74H60N2O2/c1-43(2)51-23-9-11-25-53(51)55-27-15-29-57-59-31-17-33-65(73(59)77-71(55)57)75(69-45(5)19-13-20-46(69)6)63-41-37-49-36-40-62-64(42-38-50-35-39-61(63)67(49)68(50)62)76(70-47(7)21-14-22-48(70)8)66-34-18-32-60-58-30-16-28-56(72(58)78-74(60)66)54-26-12-10-24-52(54)44(3)4/h9-44H,1-8H3. The van der Waals surface area contributed by atoms with Crippen molar-refractivity contribution in [2.45, 2.75) is 67.2 Å². The molecule has 78 heavy (non-hydrogen) atoms.